The molecule has 3 rings (SSSR count). The summed E-state index contributed by atoms with van der Waals surface area (Å²) in [6.07, 6.45) is 2.55. The molecule has 0 saturated carbocycles. The van der Waals surface area contributed by atoms with Crippen LogP contribution in [0, 0.1) is 10.1 Å². The summed E-state index contributed by atoms with van der Waals surface area (Å²) in [4.78, 5) is 23.3. The van der Waals surface area contributed by atoms with Crippen molar-refractivity contribution in [2.45, 2.75) is 18.9 Å². The molecule has 8 nitrogen and oxygen atoms in total. The number of carbonyl (C=O) groups excluding carboxylic acids is 1. The number of rotatable bonds is 3. The molecule has 1 saturated heterocycles. The summed E-state index contributed by atoms with van der Waals surface area (Å²) >= 11 is 0. The fourth-order valence-electron chi connectivity index (χ4n) is 2.45. The highest BCUT2D eigenvalue weighted by molar-refractivity contribution is 5.94. The minimum atomic E-state index is -0.530. The predicted octanol–water partition coefficient (Wildman–Crippen LogP) is 1.30. The maximum Gasteiger partial charge on any atom is 0.300 e. The Labute approximate surface area is 107 Å². The number of aromatic nitrogens is 2. The lowest BCUT2D eigenvalue weighted by Crippen LogP contribution is -2.30. The van der Waals surface area contributed by atoms with Gasteiger partial charge in [-0.15, -0.1) is 0 Å². The van der Waals surface area contributed by atoms with Crippen molar-refractivity contribution >= 4 is 28.7 Å². The van der Waals surface area contributed by atoms with E-state index < -0.39 is 4.92 Å². The minimum Gasteiger partial charge on any atom is -0.360 e. The lowest BCUT2D eigenvalue weighted by atomic mass is 10.2. The molecule has 2 heterocycles. The van der Waals surface area contributed by atoms with Crippen LogP contribution in [0.1, 0.15) is 12.8 Å². The molecule has 8 heteroatoms. The number of benzene rings is 1. The quantitative estimate of drug-likeness (QED) is 0.466. The second-order valence-electron chi connectivity index (χ2n) is 4.36. The predicted molar refractivity (Wildman–Crippen MR) is 64.9 cm³/mol. The zero-order chi connectivity index (χ0) is 13.4. The third-order valence-corrected chi connectivity index (χ3v) is 3.34. The van der Waals surface area contributed by atoms with Gasteiger partial charge in [0.25, 0.3) is 0 Å². The Kier molecular flexibility index (Phi) is 2.62. The summed E-state index contributed by atoms with van der Waals surface area (Å²) < 4.78 is 4.61. The highest BCUT2D eigenvalue weighted by Gasteiger charge is 2.29. The molecule has 2 aromatic rings. The Morgan fingerprint density at radius 1 is 1.42 bits per heavy atom. The Morgan fingerprint density at radius 2 is 2.21 bits per heavy atom. The Hall–Kier alpha value is -2.51. The molecule has 0 radical (unpaired) electrons. The maximum absolute atomic E-state index is 11.0. The van der Waals surface area contributed by atoms with Crippen LogP contribution in [0.2, 0.25) is 0 Å². The van der Waals surface area contributed by atoms with E-state index in [9.17, 15) is 14.9 Å². The van der Waals surface area contributed by atoms with Gasteiger partial charge in [0, 0.05) is 12.6 Å². The highest BCUT2D eigenvalue weighted by Crippen LogP contribution is 2.34. The molecular formula is C11H10N4O4. The van der Waals surface area contributed by atoms with Crippen LogP contribution in [0.4, 0.5) is 11.4 Å². The SMILES string of the molecule is O=C[C@@H]1CCCN1c1ccc([N+](=O)[O-])c2nonc12. The standard InChI is InChI=1S/C11H10N4O4/c16-6-7-2-1-5-14(7)8-3-4-9(15(17)18)11-10(8)12-19-13-11/h3-4,6-7H,1-2,5H2/t7-/m0/s1. The fourth-order valence-corrected chi connectivity index (χ4v) is 2.45. The van der Waals surface area contributed by atoms with Gasteiger partial charge in [-0.2, -0.15) is 0 Å². The number of hydrogen-bond donors (Lipinski definition) is 0. The van der Waals surface area contributed by atoms with E-state index in [4.69, 9.17) is 0 Å². The minimum absolute atomic E-state index is 0.110. The number of nitro groups is 1. The van der Waals surface area contributed by atoms with Gasteiger partial charge in [-0.25, -0.2) is 4.63 Å². The molecule has 1 aromatic carbocycles. The fraction of sp³-hybridized carbons (Fsp3) is 0.364. The number of hydrogen-bond acceptors (Lipinski definition) is 7. The number of non-ortho nitro benzene ring substituents is 1. The van der Waals surface area contributed by atoms with Crippen molar-refractivity contribution in [3.63, 3.8) is 0 Å². The van der Waals surface area contributed by atoms with Crippen LogP contribution in [0.25, 0.3) is 11.0 Å². The van der Waals surface area contributed by atoms with Gasteiger partial charge in [0.05, 0.1) is 16.7 Å². The van der Waals surface area contributed by atoms with Crippen molar-refractivity contribution in [3.05, 3.63) is 22.2 Å². The summed E-state index contributed by atoms with van der Waals surface area (Å²) in [6, 6.07) is 2.73. The Bertz CT molecular complexity index is 653. The Morgan fingerprint density at radius 3 is 2.95 bits per heavy atom. The first-order chi connectivity index (χ1) is 9.22. The first-order valence-electron chi connectivity index (χ1n) is 5.84. The van der Waals surface area contributed by atoms with Gasteiger partial charge < -0.3 is 9.69 Å². The molecular weight excluding hydrogens is 252 g/mol. The van der Waals surface area contributed by atoms with Crippen molar-refractivity contribution < 1.29 is 14.3 Å². The summed E-state index contributed by atoms with van der Waals surface area (Å²) in [6.45, 7) is 0.711. The van der Waals surface area contributed by atoms with Crippen molar-refractivity contribution in [2.75, 3.05) is 11.4 Å². The molecule has 0 unspecified atom stereocenters. The molecule has 1 fully saturated rings. The van der Waals surface area contributed by atoms with Crippen LogP contribution in [-0.2, 0) is 4.79 Å². The van der Waals surface area contributed by atoms with Gasteiger partial charge in [-0.1, -0.05) is 0 Å². The van der Waals surface area contributed by atoms with Gasteiger partial charge in [0.1, 0.15) is 6.29 Å². The van der Waals surface area contributed by atoms with Crippen LogP contribution < -0.4 is 4.90 Å². The molecule has 98 valence electrons. The van der Waals surface area contributed by atoms with E-state index in [-0.39, 0.29) is 17.2 Å². The van der Waals surface area contributed by atoms with Gasteiger partial charge in [-0.05, 0) is 29.2 Å². The number of nitrogens with zero attached hydrogens (tertiary/aromatic N) is 4. The number of nitro benzene ring substituents is 1. The smallest absolute Gasteiger partial charge is 0.300 e. The van der Waals surface area contributed by atoms with E-state index in [1.807, 2.05) is 4.90 Å². The highest BCUT2D eigenvalue weighted by atomic mass is 16.6. The Balaban J connectivity index is 2.15. The molecule has 0 bridgehead atoms. The summed E-state index contributed by atoms with van der Waals surface area (Å²) in [5.74, 6) is 0. The van der Waals surface area contributed by atoms with Crippen molar-refractivity contribution in [1.82, 2.24) is 10.3 Å². The molecule has 0 aliphatic carbocycles. The maximum atomic E-state index is 11.0. The zero-order valence-corrected chi connectivity index (χ0v) is 9.85. The number of anilines is 1. The lowest BCUT2D eigenvalue weighted by Gasteiger charge is -2.22. The van der Waals surface area contributed by atoms with Gasteiger partial charge in [0.15, 0.2) is 5.52 Å². The largest absolute Gasteiger partial charge is 0.360 e. The van der Waals surface area contributed by atoms with Crippen LogP contribution >= 0.6 is 0 Å². The number of carbonyl (C=O) groups is 1. The molecule has 1 aliphatic rings. The van der Waals surface area contributed by atoms with Crippen LogP contribution in [-0.4, -0.2) is 34.1 Å². The van der Waals surface area contributed by atoms with Gasteiger partial charge in [0.2, 0.25) is 5.52 Å². The van der Waals surface area contributed by atoms with Gasteiger partial charge in [-0.3, -0.25) is 10.1 Å². The molecule has 19 heavy (non-hydrogen) atoms. The third kappa shape index (κ3) is 1.72. The number of aldehydes is 1. The summed E-state index contributed by atoms with van der Waals surface area (Å²) in [7, 11) is 0. The average molecular weight is 262 g/mol. The summed E-state index contributed by atoms with van der Waals surface area (Å²) in [5, 5.41) is 18.2. The number of fused-ring (bicyclic) bond motifs is 1. The van der Waals surface area contributed by atoms with Crippen LogP contribution in [0.15, 0.2) is 16.8 Å². The van der Waals surface area contributed by atoms with Crippen LogP contribution in [0.5, 0.6) is 0 Å². The third-order valence-electron chi connectivity index (χ3n) is 3.34. The monoisotopic (exact) mass is 262 g/mol. The molecule has 0 amide bonds. The second kappa shape index (κ2) is 4.30. The first kappa shape index (κ1) is 11.6. The average Bonchev–Trinajstić information content (AvgIpc) is 3.05. The van der Waals surface area contributed by atoms with E-state index >= 15 is 0 Å². The van der Waals surface area contributed by atoms with E-state index in [2.05, 4.69) is 14.9 Å². The normalized spacial score (nSPS) is 18.9. The molecule has 1 aromatic heterocycles. The first-order valence-corrected chi connectivity index (χ1v) is 5.84. The van der Waals surface area contributed by atoms with Crippen molar-refractivity contribution in [2.24, 2.45) is 0 Å². The molecule has 1 aliphatic heterocycles. The summed E-state index contributed by atoms with van der Waals surface area (Å²) in [5.41, 5.74) is 0.931. The second-order valence-corrected chi connectivity index (χ2v) is 4.36. The molecule has 1 atom stereocenters. The van der Waals surface area contributed by atoms with E-state index in [0.29, 0.717) is 17.7 Å². The molecule has 0 N–H and O–H groups in total. The topological polar surface area (TPSA) is 102 Å². The van der Waals surface area contributed by atoms with E-state index in [0.717, 1.165) is 19.1 Å². The van der Waals surface area contributed by atoms with Gasteiger partial charge >= 0.3 is 5.69 Å². The zero-order valence-electron chi connectivity index (χ0n) is 9.85. The lowest BCUT2D eigenvalue weighted by molar-refractivity contribution is -0.383. The van der Waals surface area contributed by atoms with Crippen LogP contribution in [0.3, 0.4) is 0 Å². The van der Waals surface area contributed by atoms with Crippen molar-refractivity contribution in [1.29, 1.82) is 0 Å². The molecule has 0 spiro atoms. The van der Waals surface area contributed by atoms with E-state index in [1.54, 1.807) is 6.07 Å². The van der Waals surface area contributed by atoms with E-state index in [1.165, 1.54) is 6.07 Å². The van der Waals surface area contributed by atoms with Crippen molar-refractivity contribution in [3.8, 4) is 0 Å².